The number of carbonyl (C=O) groups excluding carboxylic acids is 3. The predicted molar refractivity (Wildman–Crippen MR) is 75.5 cm³/mol. The molecular weight excluding hydrogens is 258 g/mol. The molecule has 0 aliphatic carbocycles. The molecule has 6 nitrogen and oxygen atoms in total. The highest BCUT2D eigenvalue weighted by Crippen LogP contribution is 2.29. The minimum Gasteiger partial charge on any atom is -0.351 e. The highest BCUT2D eigenvalue weighted by molar-refractivity contribution is 6.39. The lowest BCUT2D eigenvalue weighted by Crippen LogP contribution is -2.34. The topological polar surface area (TPSA) is 78.5 Å². The van der Waals surface area contributed by atoms with Gasteiger partial charge in [-0.05, 0) is 36.6 Å². The van der Waals surface area contributed by atoms with Gasteiger partial charge in [0.05, 0.1) is 0 Å². The van der Waals surface area contributed by atoms with Crippen molar-refractivity contribution in [2.24, 2.45) is 0 Å². The number of rotatable bonds is 1. The number of nitrogens with zero attached hydrogens (tertiary/aromatic N) is 1. The molecule has 1 heterocycles. The van der Waals surface area contributed by atoms with Crippen LogP contribution in [0.15, 0.2) is 18.2 Å². The zero-order valence-electron chi connectivity index (χ0n) is 11.5. The van der Waals surface area contributed by atoms with E-state index in [0.717, 1.165) is 24.1 Å². The summed E-state index contributed by atoms with van der Waals surface area (Å²) in [5, 5.41) is 4.80. The average molecular weight is 275 g/mol. The van der Waals surface area contributed by atoms with E-state index in [4.69, 9.17) is 0 Å². The minimum atomic E-state index is -0.702. The summed E-state index contributed by atoms with van der Waals surface area (Å²) >= 11 is 0. The highest BCUT2D eigenvalue weighted by atomic mass is 16.2. The largest absolute Gasteiger partial charge is 0.351 e. The normalized spacial score (nSPS) is 13.4. The van der Waals surface area contributed by atoms with E-state index in [9.17, 15) is 14.4 Å². The summed E-state index contributed by atoms with van der Waals surface area (Å²) in [5.74, 6) is -1.38. The highest BCUT2D eigenvalue weighted by Gasteiger charge is 2.20. The SMILES string of the molecule is CNC(=O)C(=O)Nc1ccc2c(c1)CCCN2C(C)=O. The molecule has 2 N–H and O–H groups in total. The Hall–Kier alpha value is -2.37. The van der Waals surface area contributed by atoms with Crippen LogP contribution in [0.5, 0.6) is 0 Å². The molecule has 3 amide bonds. The molecule has 0 aromatic heterocycles. The van der Waals surface area contributed by atoms with E-state index in [2.05, 4.69) is 10.6 Å². The van der Waals surface area contributed by atoms with E-state index < -0.39 is 11.8 Å². The van der Waals surface area contributed by atoms with Gasteiger partial charge in [0.25, 0.3) is 0 Å². The lowest BCUT2D eigenvalue weighted by Gasteiger charge is -2.28. The summed E-state index contributed by atoms with van der Waals surface area (Å²) in [5.41, 5.74) is 2.44. The Bertz CT molecular complexity index is 569. The van der Waals surface area contributed by atoms with Gasteiger partial charge in [-0.3, -0.25) is 14.4 Å². The molecule has 106 valence electrons. The van der Waals surface area contributed by atoms with E-state index in [-0.39, 0.29) is 5.91 Å². The predicted octanol–water partition coefficient (Wildman–Crippen LogP) is 0.670. The molecule has 0 saturated heterocycles. The molecule has 0 atom stereocenters. The van der Waals surface area contributed by atoms with Crippen molar-refractivity contribution >= 4 is 29.1 Å². The first-order valence-electron chi connectivity index (χ1n) is 6.47. The summed E-state index contributed by atoms with van der Waals surface area (Å²) < 4.78 is 0. The van der Waals surface area contributed by atoms with Crippen LogP contribution < -0.4 is 15.5 Å². The summed E-state index contributed by atoms with van der Waals surface area (Å²) in [6, 6.07) is 5.31. The van der Waals surface area contributed by atoms with Crippen LogP contribution in [0.1, 0.15) is 18.9 Å². The van der Waals surface area contributed by atoms with Crippen LogP contribution in [-0.4, -0.2) is 31.3 Å². The average Bonchev–Trinajstić information content (AvgIpc) is 2.45. The number of hydrogen-bond donors (Lipinski definition) is 2. The van der Waals surface area contributed by atoms with Crippen molar-refractivity contribution in [1.82, 2.24) is 5.32 Å². The Morgan fingerprint density at radius 1 is 1.20 bits per heavy atom. The standard InChI is InChI=1S/C14H17N3O3/c1-9(18)17-7-3-4-10-8-11(5-6-12(10)17)16-14(20)13(19)15-2/h5-6,8H,3-4,7H2,1-2H3,(H,15,19)(H,16,20). The van der Waals surface area contributed by atoms with Crippen molar-refractivity contribution in [3.63, 3.8) is 0 Å². The Morgan fingerprint density at radius 2 is 1.95 bits per heavy atom. The molecule has 1 aromatic rings. The number of likely N-dealkylation sites (N-methyl/N-ethyl adjacent to an activating group) is 1. The summed E-state index contributed by atoms with van der Waals surface area (Å²) in [6.45, 7) is 2.25. The Labute approximate surface area is 117 Å². The van der Waals surface area contributed by atoms with E-state index in [0.29, 0.717) is 12.2 Å². The summed E-state index contributed by atoms with van der Waals surface area (Å²) in [7, 11) is 1.40. The monoisotopic (exact) mass is 275 g/mol. The van der Waals surface area contributed by atoms with Crippen molar-refractivity contribution in [1.29, 1.82) is 0 Å². The molecule has 0 fully saturated rings. The van der Waals surface area contributed by atoms with Crippen LogP contribution in [0.25, 0.3) is 0 Å². The van der Waals surface area contributed by atoms with Gasteiger partial charge in [0.1, 0.15) is 0 Å². The van der Waals surface area contributed by atoms with Crippen LogP contribution in [0, 0.1) is 0 Å². The van der Waals surface area contributed by atoms with Crippen molar-refractivity contribution in [2.75, 3.05) is 23.8 Å². The second-order valence-electron chi connectivity index (χ2n) is 4.65. The van der Waals surface area contributed by atoms with E-state index in [1.54, 1.807) is 17.0 Å². The zero-order chi connectivity index (χ0) is 14.7. The maximum absolute atomic E-state index is 11.6. The fourth-order valence-electron chi connectivity index (χ4n) is 2.30. The summed E-state index contributed by atoms with van der Waals surface area (Å²) in [4.78, 5) is 35.9. The first kappa shape index (κ1) is 14.0. The number of amides is 3. The molecule has 6 heteroatoms. The van der Waals surface area contributed by atoms with E-state index in [1.807, 2.05) is 6.07 Å². The first-order valence-corrected chi connectivity index (χ1v) is 6.47. The van der Waals surface area contributed by atoms with Gasteiger partial charge < -0.3 is 15.5 Å². The molecule has 20 heavy (non-hydrogen) atoms. The number of aryl methyl sites for hydroxylation is 1. The van der Waals surface area contributed by atoms with Crippen molar-refractivity contribution in [2.45, 2.75) is 19.8 Å². The van der Waals surface area contributed by atoms with Gasteiger partial charge in [-0.2, -0.15) is 0 Å². The maximum atomic E-state index is 11.6. The Balaban J connectivity index is 2.22. The second kappa shape index (κ2) is 5.73. The minimum absolute atomic E-state index is 0.00750. The molecule has 1 aliphatic rings. The quantitative estimate of drug-likeness (QED) is 0.739. The van der Waals surface area contributed by atoms with Crippen LogP contribution in [0.2, 0.25) is 0 Å². The third-order valence-electron chi connectivity index (χ3n) is 3.27. The lowest BCUT2D eigenvalue weighted by molar-refractivity contribution is -0.135. The Kier molecular flexibility index (Phi) is 4.02. The fourth-order valence-corrected chi connectivity index (χ4v) is 2.30. The van der Waals surface area contributed by atoms with Gasteiger partial charge in [0.15, 0.2) is 0 Å². The number of benzene rings is 1. The second-order valence-corrected chi connectivity index (χ2v) is 4.65. The van der Waals surface area contributed by atoms with Crippen LogP contribution >= 0.6 is 0 Å². The van der Waals surface area contributed by atoms with Gasteiger partial charge >= 0.3 is 11.8 Å². The molecule has 1 aliphatic heterocycles. The molecule has 0 unspecified atom stereocenters. The number of anilines is 2. The fraction of sp³-hybridized carbons (Fsp3) is 0.357. The first-order chi connectivity index (χ1) is 9.52. The third kappa shape index (κ3) is 2.79. The third-order valence-corrected chi connectivity index (χ3v) is 3.27. The molecule has 2 rings (SSSR count). The van der Waals surface area contributed by atoms with Gasteiger partial charge in [-0.1, -0.05) is 0 Å². The smallest absolute Gasteiger partial charge is 0.313 e. The summed E-state index contributed by atoms with van der Waals surface area (Å²) in [6.07, 6.45) is 1.74. The van der Waals surface area contributed by atoms with Gasteiger partial charge in [0.2, 0.25) is 5.91 Å². The maximum Gasteiger partial charge on any atom is 0.313 e. The van der Waals surface area contributed by atoms with Gasteiger partial charge in [0, 0.05) is 31.9 Å². The molecule has 1 aromatic carbocycles. The van der Waals surface area contributed by atoms with Crippen LogP contribution in [0.4, 0.5) is 11.4 Å². The zero-order valence-corrected chi connectivity index (χ0v) is 11.5. The molecule has 0 saturated carbocycles. The van der Waals surface area contributed by atoms with Crippen LogP contribution in [-0.2, 0) is 20.8 Å². The van der Waals surface area contributed by atoms with Crippen molar-refractivity contribution < 1.29 is 14.4 Å². The molecule has 0 spiro atoms. The van der Waals surface area contributed by atoms with Crippen LogP contribution in [0.3, 0.4) is 0 Å². The van der Waals surface area contributed by atoms with E-state index in [1.165, 1.54) is 14.0 Å². The molecular formula is C14H17N3O3. The van der Waals surface area contributed by atoms with Crippen molar-refractivity contribution in [3.05, 3.63) is 23.8 Å². The van der Waals surface area contributed by atoms with Crippen molar-refractivity contribution in [3.8, 4) is 0 Å². The molecule has 0 bridgehead atoms. The molecule has 0 radical (unpaired) electrons. The number of carbonyl (C=O) groups is 3. The van der Waals surface area contributed by atoms with E-state index >= 15 is 0 Å². The number of hydrogen-bond acceptors (Lipinski definition) is 3. The van der Waals surface area contributed by atoms with Gasteiger partial charge in [-0.15, -0.1) is 0 Å². The van der Waals surface area contributed by atoms with Gasteiger partial charge in [-0.25, -0.2) is 0 Å². The lowest BCUT2D eigenvalue weighted by atomic mass is 10.0. The number of fused-ring (bicyclic) bond motifs is 1. The Morgan fingerprint density at radius 3 is 2.60 bits per heavy atom. The number of nitrogens with one attached hydrogen (secondary N) is 2.